The van der Waals surface area contributed by atoms with Crippen LogP contribution in [0.3, 0.4) is 0 Å². The van der Waals surface area contributed by atoms with Gasteiger partial charge in [-0.25, -0.2) is 14.3 Å². The lowest BCUT2D eigenvalue weighted by atomic mass is 10.1. The molecule has 98 valence electrons. The molecule has 2 rings (SSSR count). The maximum Gasteiger partial charge on any atom is 0.335 e. The second-order valence-corrected chi connectivity index (χ2v) is 3.67. The molecular formula is C11H9N3O5. The van der Waals surface area contributed by atoms with Crippen molar-refractivity contribution in [2.24, 2.45) is 0 Å². The molecule has 0 aliphatic rings. The number of aromatic carboxylic acids is 2. The molecule has 3 N–H and O–H groups in total. The highest BCUT2D eigenvalue weighted by atomic mass is 16.4. The molecule has 1 heterocycles. The molecule has 19 heavy (non-hydrogen) atoms. The Kier molecular flexibility index (Phi) is 3.25. The number of aliphatic hydroxyl groups excluding tert-OH is 1. The first-order chi connectivity index (χ1) is 9.02. The highest BCUT2D eigenvalue weighted by Gasteiger charge is 2.14. The molecule has 0 atom stereocenters. The maximum absolute atomic E-state index is 11.0. The molecule has 0 saturated heterocycles. The van der Waals surface area contributed by atoms with Crippen molar-refractivity contribution in [3.8, 4) is 5.69 Å². The van der Waals surface area contributed by atoms with Crippen LogP contribution in [-0.4, -0.2) is 42.3 Å². The van der Waals surface area contributed by atoms with Gasteiger partial charge in [-0.15, -0.1) is 5.10 Å². The Morgan fingerprint density at radius 2 is 1.68 bits per heavy atom. The van der Waals surface area contributed by atoms with Crippen LogP contribution in [0, 0.1) is 0 Å². The fourth-order valence-electron chi connectivity index (χ4n) is 1.56. The van der Waals surface area contributed by atoms with Gasteiger partial charge >= 0.3 is 11.9 Å². The average Bonchev–Trinajstić information content (AvgIpc) is 2.86. The molecule has 0 fully saturated rings. The van der Waals surface area contributed by atoms with E-state index in [0.29, 0.717) is 5.69 Å². The zero-order valence-corrected chi connectivity index (χ0v) is 9.52. The fraction of sp³-hybridized carbons (Fsp3) is 0.0909. The van der Waals surface area contributed by atoms with Gasteiger partial charge < -0.3 is 15.3 Å². The normalized spacial score (nSPS) is 10.4. The van der Waals surface area contributed by atoms with E-state index in [1.165, 1.54) is 23.0 Å². The molecule has 1 aromatic heterocycles. The SMILES string of the molecule is O=C(O)c1cc(C(=O)O)cc(-n2nncc2CO)c1. The maximum atomic E-state index is 11.0. The van der Waals surface area contributed by atoms with Crippen LogP contribution in [0.5, 0.6) is 0 Å². The summed E-state index contributed by atoms with van der Waals surface area (Å²) < 4.78 is 1.18. The van der Waals surface area contributed by atoms with Crippen molar-refractivity contribution in [3.63, 3.8) is 0 Å². The molecule has 0 aliphatic heterocycles. The number of nitrogens with zero attached hydrogens (tertiary/aromatic N) is 3. The molecule has 2 aromatic rings. The molecule has 0 amide bonds. The lowest BCUT2D eigenvalue weighted by Crippen LogP contribution is -2.08. The Bertz CT molecular complexity index is 617. The quantitative estimate of drug-likeness (QED) is 0.717. The van der Waals surface area contributed by atoms with Crippen LogP contribution in [-0.2, 0) is 6.61 Å². The largest absolute Gasteiger partial charge is 0.478 e. The van der Waals surface area contributed by atoms with Crippen LogP contribution < -0.4 is 0 Å². The van der Waals surface area contributed by atoms with Gasteiger partial charge in [0.15, 0.2) is 0 Å². The van der Waals surface area contributed by atoms with Gasteiger partial charge in [0.25, 0.3) is 0 Å². The zero-order chi connectivity index (χ0) is 14.0. The van der Waals surface area contributed by atoms with Crippen LogP contribution in [0.1, 0.15) is 26.4 Å². The van der Waals surface area contributed by atoms with Crippen molar-refractivity contribution in [2.45, 2.75) is 6.61 Å². The summed E-state index contributed by atoms with van der Waals surface area (Å²) in [5, 5.41) is 34.3. The minimum absolute atomic E-state index is 0.186. The molecule has 0 bridgehead atoms. The molecular weight excluding hydrogens is 254 g/mol. The summed E-state index contributed by atoms with van der Waals surface area (Å²) in [6.45, 7) is -0.354. The number of aliphatic hydroxyl groups is 1. The number of carboxylic acid groups (broad SMARTS) is 2. The third kappa shape index (κ3) is 2.43. The van der Waals surface area contributed by atoms with Crippen LogP contribution in [0.2, 0.25) is 0 Å². The van der Waals surface area contributed by atoms with Gasteiger partial charge in [-0.05, 0) is 18.2 Å². The monoisotopic (exact) mass is 263 g/mol. The van der Waals surface area contributed by atoms with E-state index in [1.807, 2.05) is 0 Å². The summed E-state index contributed by atoms with van der Waals surface area (Å²) in [4.78, 5) is 21.9. The van der Waals surface area contributed by atoms with Crippen LogP contribution in [0.4, 0.5) is 0 Å². The van der Waals surface area contributed by atoms with Gasteiger partial charge in [0.05, 0.1) is 35.3 Å². The first-order valence-electron chi connectivity index (χ1n) is 5.15. The van der Waals surface area contributed by atoms with Crippen LogP contribution in [0.15, 0.2) is 24.4 Å². The Hall–Kier alpha value is -2.74. The predicted molar refractivity (Wildman–Crippen MR) is 61.2 cm³/mol. The number of carboxylic acids is 2. The summed E-state index contributed by atoms with van der Waals surface area (Å²) in [5.41, 5.74) is 0.154. The molecule has 0 spiro atoms. The lowest BCUT2D eigenvalue weighted by Gasteiger charge is -2.07. The Labute approximate surface area is 106 Å². The van der Waals surface area contributed by atoms with E-state index in [9.17, 15) is 9.59 Å². The number of carbonyl (C=O) groups is 2. The van der Waals surface area contributed by atoms with Crippen molar-refractivity contribution in [2.75, 3.05) is 0 Å². The number of benzene rings is 1. The second kappa shape index (κ2) is 4.86. The summed E-state index contributed by atoms with van der Waals surface area (Å²) in [5.74, 6) is -2.51. The second-order valence-electron chi connectivity index (χ2n) is 3.67. The summed E-state index contributed by atoms with van der Waals surface area (Å²) in [7, 11) is 0. The minimum Gasteiger partial charge on any atom is -0.478 e. The third-order valence-electron chi connectivity index (χ3n) is 2.44. The summed E-state index contributed by atoms with van der Waals surface area (Å²) in [6.07, 6.45) is 1.30. The molecule has 8 nitrogen and oxygen atoms in total. The van der Waals surface area contributed by atoms with E-state index in [2.05, 4.69) is 10.3 Å². The van der Waals surface area contributed by atoms with E-state index in [0.717, 1.165) is 6.07 Å². The Morgan fingerprint density at radius 1 is 1.11 bits per heavy atom. The van der Waals surface area contributed by atoms with E-state index in [4.69, 9.17) is 15.3 Å². The van der Waals surface area contributed by atoms with Crippen LogP contribution >= 0.6 is 0 Å². The fourth-order valence-corrected chi connectivity index (χ4v) is 1.56. The van der Waals surface area contributed by atoms with Gasteiger partial charge in [-0.3, -0.25) is 0 Å². The minimum atomic E-state index is -1.25. The number of hydrogen-bond donors (Lipinski definition) is 3. The molecule has 0 unspecified atom stereocenters. The van der Waals surface area contributed by atoms with Crippen molar-refractivity contribution in [1.29, 1.82) is 0 Å². The van der Waals surface area contributed by atoms with Gasteiger partial charge in [0.2, 0.25) is 0 Å². The van der Waals surface area contributed by atoms with Crippen molar-refractivity contribution in [1.82, 2.24) is 15.0 Å². The van der Waals surface area contributed by atoms with Crippen molar-refractivity contribution >= 4 is 11.9 Å². The summed E-state index contributed by atoms with van der Waals surface area (Å²) in [6, 6.07) is 3.55. The molecule has 0 saturated carbocycles. The Morgan fingerprint density at radius 3 is 2.16 bits per heavy atom. The highest BCUT2D eigenvalue weighted by Crippen LogP contribution is 2.16. The first-order valence-corrected chi connectivity index (χ1v) is 5.15. The van der Waals surface area contributed by atoms with Crippen LogP contribution in [0.25, 0.3) is 5.69 Å². The van der Waals surface area contributed by atoms with E-state index in [1.54, 1.807) is 0 Å². The zero-order valence-electron chi connectivity index (χ0n) is 9.52. The third-order valence-corrected chi connectivity index (χ3v) is 2.44. The van der Waals surface area contributed by atoms with Gasteiger partial charge in [0.1, 0.15) is 0 Å². The van der Waals surface area contributed by atoms with Gasteiger partial charge in [-0.2, -0.15) is 0 Å². The van der Waals surface area contributed by atoms with Crippen molar-refractivity contribution in [3.05, 3.63) is 41.2 Å². The van der Waals surface area contributed by atoms with E-state index < -0.39 is 11.9 Å². The number of hydrogen-bond acceptors (Lipinski definition) is 5. The van der Waals surface area contributed by atoms with E-state index in [-0.39, 0.29) is 23.4 Å². The van der Waals surface area contributed by atoms with Gasteiger partial charge in [-0.1, -0.05) is 5.21 Å². The molecule has 8 heteroatoms. The van der Waals surface area contributed by atoms with Gasteiger partial charge in [0, 0.05) is 0 Å². The number of rotatable bonds is 4. The number of aromatic nitrogens is 3. The van der Waals surface area contributed by atoms with Crippen molar-refractivity contribution < 1.29 is 24.9 Å². The predicted octanol–water partition coefficient (Wildman–Crippen LogP) is 0.156. The smallest absolute Gasteiger partial charge is 0.335 e. The summed E-state index contributed by atoms with van der Waals surface area (Å²) >= 11 is 0. The first kappa shape index (κ1) is 12.7. The standard InChI is InChI=1S/C11H9N3O5/c15-5-9-4-12-13-14(9)8-2-6(10(16)17)1-7(3-8)11(18)19/h1-4,15H,5H2,(H,16,17)(H,18,19). The molecule has 0 radical (unpaired) electrons. The lowest BCUT2D eigenvalue weighted by molar-refractivity contribution is 0.0696. The highest BCUT2D eigenvalue weighted by molar-refractivity contribution is 5.94. The average molecular weight is 263 g/mol. The topological polar surface area (TPSA) is 126 Å². The Balaban J connectivity index is 2.63. The molecule has 0 aliphatic carbocycles. The molecule has 1 aromatic carbocycles. The van der Waals surface area contributed by atoms with E-state index >= 15 is 0 Å².